The number of pyridine rings is 1. The van der Waals surface area contributed by atoms with Gasteiger partial charge in [0.25, 0.3) is 0 Å². The third kappa shape index (κ3) is 1.85. The highest BCUT2D eigenvalue weighted by molar-refractivity contribution is 5.75. The molecule has 0 aliphatic carbocycles. The first-order chi connectivity index (χ1) is 8.38. The highest BCUT2D eigenvalue weighted by Gasteiger charge is 2.19. The molecule has 1 aliphatic heterocycles. The third-order valence-corrected chi connectivity index (χ3v) is 3.38. The summed E-state index contributed by atoms with van der Waals surface area (Å²) in [6.07, 6.45) is 6.98. The van der Waals surface area contributed by atoms with Gasteiger partial charge < -0.3 is 9.72 Å². The van der Waals surface area contributed by atoms with Crippen LogP contribution in [-0.2, 0) is 0 Å². The van der Waals surface area contributed by atoms with E-state index in [1.807, 2.05) is 28.9 Å². The SMILES string of the molecule is O=Cc1ccc2cnc(C3CCCNC3)n2c1. The Hall–Kier alpha value is -1.68. The zero-order valence-corrected chi connectivity index (χ0v) is 9.60. The van der Waals surface area contributed by atoms with Gasteiger partial charge in [-0.1, -0.05) is 0 Å². The second-order valence-electron chi connectivity index (χ2n) is 4.53. The molecule has 1 fully saturated rings. The van der Waals surface area contributed by atoms with E-state index in [9.17, 15) is 4.79 Å². The van der Waals surface area contributed by atoms with Gasteiger partial charge in [0.1, 0.15) is 5.82 Å². The summed E-state index contributed by atoms with van der Waals surface area (Å²) in [4.78, 5) is 15.3. The first-order valence-electron chi connectivity index (χ1n) is 6.01. The minimum atomic E-state index is 0.452. The number of aromatic nitrogens is 2. The summed E-state index contributed by atoms with van der Waals surface area (Å²) < 4.78 is 2.04. The normalized spacial score (nSPS) is 20.6. The summed E-state index contributed by atoms with van der Waals surface area (Å²) in [5.74, 6) is 1.52. The Balaban J connectivity index is 2.05. The fraction of sp³-hybridized carbons (Fsp3) is 0.385. The minimum absolute atomic E-state index is 0.452. The zero-order chi connectivity index (χ0) is 11.7. The van der Waals surface area contributed by atoms with Gasteiger partial charge in [-0.05, 0) is 31.5 Å². The maximum atomic E-state index is 10.8. The Kier molecular flexibility index (Phi) is 2.65. The average Bonchev–Trinajstić information content (AvgIpc) is 2.82. The van der Waals surface area contributed by atoms with Crippen molar-refractivity contribution < 1.29 is 4.79 Å². The largest absolute Gasteiger partial charge is 0.316 e. The van der Waals surface area contributed by atoms with Crippen LogP contribution < -0.4 is 5.32 Å². The summed E-state index contributed by atoms with van der Waals surface area (Å²) >= 11 is 0. The number of fused-ring (bicyclic) bond motifs is 1. The van der Waals surface area contributed by atoms with Gasteiger partial charge in [-0.25, -0.2) is 4.98 Å². The van der Waals surface area contributed by atoms with E-state index in [0.717, 1.165) is 37.1 Å². The maximum Gasteiger partial charge on any atom is 0.151 e. The van der Waals surface area contributed by atoms with Crippen LogP contribution in [0.25, 0.3) is 5.52 Å². The molecule has 1 saturated heterocycles. The van der Waals surface area contributed by atoms with Gasteiger partial charge in [0.2, 0.25) is 0 Å². The topological polar surface area (TPSA) is 46.4 Å². The molecule has 1 atom stereocenters. The van der Waals surface area contributed by atoms with Crippen LogP contribution >= 0.6 is 0 Å². The number of rotatable bonds is 2. The Bertz CT molecular complexity index is 541. The van der Waals surface area contributed by atoms with Gasteiger partial charge in [0.05, 0.1) is 11.7 Å². The van der Waals surface area contributed by atoms with Crippen molar-refractivity contribution in [3.8, 4) is 0 Å². The van der Waals surface area contributed by atoms with Crippen LogP contribution in [0.4, 0.5) is 0 Å². The van der Waals surface area contributed by atoms with E-state index in [-0.39, 0.29) is 0 Å². The molecule has 3 heterocycles. The molecule has 1 unspecified atom stereocenters. The predicted octanol–water partition coefficient (Wildman–Crippen LogP) is 1.61. The number of hydrogen-bond donors (Lipinski definition) is 1. The fourth-order valence-electron chi connectivity index (χ4n) is 2.47. The molecule has 0 saturated carbocycles. The van der Waals surface area contributed by atoms with Crippen LogP contribution in [0.1, 0.15) is 34.9 Å². The molecule has 4 heteroatoms. The second kappa shape index (κ2) is 4.30. The van der Waals surface area contributed by atoms with Crippen LogP contribution in [0.15, 0.2) is 24.5 Å². The van der Waals surface area contributed by atoms with Gasteiger partial charge >= 0.3 is 0 Å². The van der Waals surface area contributed by atoms with Gasteiger partial charge in [-0.15, -0.1) is 0 Å². The van der Waals surface area contributed by atoms with Gasteiger partial charge in [0.15, 0.2) is 6.29 Å². The lowest BCUT2D eigenvalue weighted by molar-refractivity contribution is 0.112. The molecule has 3 rings (SSSR count). The van der Waals surface area contributed by atoms with Crippen molar-refractivity contribution in [3.63, 3.8) is 0 Å². The van der Waals surface area contributed by atoms with Crippen molar-refractivity contribution in [2.75, 3.05) is 13.1 Å². The molecule has 0 aromatic carbocycles. The molecule has 17 heavy (non-hydrogen) atoms. The summed E-state index contributed by atoms with van der Waals surface area (Å²) in [6, 6.07) is 3.77. The smallest absolute Gasteiger partial charge is 0.151 e. The number of imidazole rings is 1. The van der Waals surface area contributed by atoms with E-state index < -0.39 is 0 Å². The van der Waals surface area contributed by atoms with E-state index >= 15 is 0 Å². The zero-order valence-electron chi connectivity index (χ0n) is 9.60. The highest BCUT2D eigenvalue weighted by Crippen LogP contribution is 2.23. The Morgan fingerprint density at radius 1 is 1.47 bits per heavy atom. The molecule has 0 radical (unpaired) electrons. The van der Waals surface area contributed by atoms with Crippen LogP contribution in [0.2, 0.25) is 0 Å². The van der Waals surface area contributed by atoms with Gasteiger partial charge in [0, 0.05) is 24.2 Å². The molecule has 88 valence electrons. The molecule has 0 bridgehead atoms. The van der Waals surface area contributed by atoms with Crippen LogP contribution in [-0.4, -0.2) is 28.8 Å². The number of aldehydes is 1. The van der Waals surface area contributed by atoms with Crippen molar-refractivity contribution >= 4 is 11.8 Å². The number of nitrogens with one attached hydrogen (secondary N) is 1. The molecule has 4 nitrogen and oxygen atoms in total. The van der Waals surface area contributed by atoms with Crippen molar-refractivity contribution in [1.29, 1.82) is 0 Å². The minimum Gasteiger partial charge on any atom is -0.316 e. The standard InChI is InChI=1S/C13H15N3O/c17-9-10-3-4-12-7-15-13(16(12)8-10)11-2-1-5-14-6-11/h3-4,7-9,11,14H,1-2,5-6H2. The van der Waals surface area contributed by atoms with Crippen molar-refractivity contribution in [2.24, 2.45) is 0 Å². The van der Waals surface area contributed by atoms with E-state index in [1.54, 1.807) is 0 Å². The molecule has 2 aromatic rings. The number of hydrogen-bond acceptors (Lipinski definition) is 3. The van der Waals surface area contributed by atoms with E-state index in [2.05, 4.69) is 10.3 Å². The van der Waals surface area contributed by atoms with Crippen LogP contribution in [0.3, 0.4) is 0 Å². The Labute approximate surface area is 99.7 Å². The fourth-order valence-corrected chi connectivity index (χ4v) is 2.47. The van der Waals surface area contributed by atoms with Crippen molar-refractivity contribution in [3.05, 3.63) is 35.9 Å². The maximum absolute atomic E-state index is 10.8. The Morgan fingerprint density at radius 2 is 2.41 bits per heavy atom. The van der Waals surface area contributed by atoms with Crippen LogP contribution in [0.5, 0.6) is 0 Å². The van der Waals surface area contributed by atoms with Crippen molar-refractivity contribution in [2.45, 2.75) is 18.8 Å². The lowest BCUT2D eigenvalue weighted by atomic mass is 9.99. The summed E-state index contributed by atoms with van der Waals surface area (Å²) in [7, 11) is 0. The summed E-state index contributed by atoms with van der Waals surface area (Å²) in [5.41, 5.74) is 1.75. The highest BCUT2D eigenvalue weighted by atomic mass is 16.1. The van der Waals surface area contributed by atoms with Gasteiger partial charge in [-0.2, -0.15) is 0 Å². The average molecular weight is 229 g/mol. The monoisotopic (exact) mass is 229 g/mol. The van der Waals surface area contributed by atoms with Gasteiger partial charge in [-0.3, -0.25) is 4.79 Å². The lowest BCUT2D eigenvalue weighted by Crippen LogP contribution is -2.29. The molecule has 1 N–H and O–H groups in total. The van der Waals surface area contributed by atoms with E-state index in [0.29, 0.717) is 11.5 Å². The molecule has 1 aliphatic rings. The molecule has 0 amide bonds. The summed E-state index contributed by atoms with van der Waals surface area (Å²) in [5, 5.41) is 3.39. The van der Waals surface area contributed by atoms with E-state index in [1.165, 1.54) is 6.42 Å². The molecular weight excluding hydrogens is 214 g/mol. The Morgan fingerprint density at radius 3 is 3.18 bits per heavy atom. The predicted molar refractivity (Wildman–Crippen MR) is 65.4 cm³/mol. The number of carbonyl (C=O) groups excluding carboxylic acids is 1. The number of carbonyl (C=O) groups is 1. The first kappa shape index (κ1) is 10.5. The number of piperidine rings is 1. The van der Waals surface area contributed by atoms with Crippen LogP contribution in [0, 0.1) is 0 Å². The van der Waals surface area contributed by atoms with Crippen molar-refractivity contribution in [1.82, 2.24) is 14.7 Å². The third-order valence-electron chi connectivity index (χ3n) is 3.38. The molecule has 2 aromatic heterocycles. The molecular formula is C13H15N3O. The quantitative estimate of drug-likeness (QED) is 0.796. The first-order valence-corrected chi connectivity index (χ1v) is 6.01. The van der Waals surface area contributed by atoms with E-state index in [4.69, 9.17) is 0 Å². The lowest BCUT2D eigenvalue weighted by Gasteiger charge is -2.21. The summed E-state index contributed by atoms with van der Waals surface area (Å²) in [6.45, 7) is 2.07. The second-order valence-corrected chi connectivity index (χ2v) is 4.53. The number of nitrogens with zero attached hydrogens (tertiary/aromatic N) is 2. The molecule has 0 spiro atoms.